The number of hydrogen-bond donors (Lipinski definition) is 0. The summed E-state index contributed by atoms with van der Waals surface area (Å²) in [7, 11) is 1.17. The lowest BCUT2D eigenvalue weighted by molar-refractivity contribution is -0.150. The van der Waals surface area contributed by atoms with E-state index in [1.54, 1.807) is 0 Å². The number of ether oxygens (including phenoxy) is 1. The Hall–Kier alpha value is -0.0938. The fourth-order valence-corrected chi connectivity index (χ4v) is 0.144. The maximum atomic E-state index is 9.94. The maximum absolute atomic E-state index is 9.94. The fourth-order valence-electron chi connectivity index (χ4n) is 0.144. The van der Waals surface area contributed by atoms with E-state index in [-0.39, 0.29) is 23.1 Å². The van der Waals surface area contributed by atoms with Gasteiger partial charge in [0.2, 0.25) is 5.78 Å². The second-order valence-electron chi connectivity index (χ2n) is 1.05. The summed E-state index contributed by atoms with van der Waals surface area (Å²) in [6.45, 7) is 1.16. The Balaban J connectivity index is 0. The van der Waals surface area contributed by atoms with E-state index in [9.17, 15) is 9.59 Å². The summed E-state index contributed by atoms with van der Waals surface area (Å²) in [6, 6.07) is 0. The minimum absolute atomic E-state index is 0. The number of carbonyl (C=O) groups excluding carboxylic acids is 2. The topological polar surface area (TPSA) is 43.4 Å². The predicted molar refractivity (Wildman–Crippen MR) is 28.5 cm³/mol. The van der Waals surface area contributed by atoms with Gasteiger partial charge in [-0.25, -0.2) is 4.79 Å². The van der Waals surface area contributed by atoms with Crippen LogP contribution in [-0.2, 0) is 14.3 Å². The molecule has 0 saturated heterocycles. The molecule has 0 aliphatic rings. The highest BCUT2D eigenvalue weighted by Crippen LogP contribution is 1.71. The van der Waals surface area contributed by atoms with E-state index < -0.39 is 11.8 Å². The Morgan fingerprint density at radius 2 is 1.75 bits per heavy atom. The largest absolute Gasteiger partial charge is 0.463 e. The van der Waals surface area contributed by atoms with Crippen molar-refractivity contribution in [3.63, 3.8) is 0 Å². The normalized spacial score (nSPS) is 6.75. The fraction of sp³-hybridized carbons (Fsp3) is 0.500. The second kappa shape index (κ2) is 5.05. The number of esters is 1. The molecule has 0 atom stereocenters. The summed E-state index contributed by atoms with van der Waals surface area (Å²) in [5, 5.41) is 0. The van der Waals surface area contributed by atoms with Crippen molar-refractivity contribution in [1.82, 2.24) is 0 Å². The van der Waals surface area contributed by atoms with Crippen molar-refractivity contribution in [3.05, 3.63) is 0 Å². The van der Waals surface area contributed by atoms with E-state index in [1.807, 2.05) is 0 Å². The van der Waals surface area contributed by atoms with Crippen molar-refractivity contribution in [2.45, 2.75) is 6.92 Å². The van der Waals surface area contributed by atoms with Gasteiger partial charge >= 0.3 is 5.97 Å². The molecule has 0 rings (SSSR count). The molecule has 0 spiro atoms. The number of hydrogen-bond acceptors (Lipinski definition) is 3. The van der Waals surface area contributed by atoms with E-state index in [4.69, 9.17) is 0 Å². The third-order valence-corrected chi connectivity index (χ3v) is 0.473. The Morgan fingerprint density at radius 3 is 1.75 bits per heavy atom. The highest BCUT2D eigenvalue weighted by atomic mass is 24.3. The van der Waals surface area contributed by atoms with Crippen molar-refractivity contribution in [1.29, 1.82) is 0 Å². The summed E-state index contributed by atoms with van der Waals surface area (Å²) >= 11 is 0. The maximum Gasteiger partial charge on any atom is 0.374 e. The van der Waals surface area contributed by atoms with Crippen LogP contribution >= 0.6 is 0 Å². The van der Waals surface area contributed by atoms with Gasteiger partial charge in [-0.2, -0.15) is 0 Å². The number of Topliss-reactive ketones (excluding diaryl/α,β-unsaturated/α-hetero) is 1. The van der Waals surface area contributed by atoms with Crippen LogP contribution in [0.25, 0.3) is 0 Å². The lowest BCUT2D eigenvalue weighted by Gasteiger charge is -1.86. The molecule has 4 heteroatoms. The van der Waals surface area contributed by atoms with Gasteiger partial charge in [0.05, 0.1) is 7.11 Å². The first kappa shape index (κ1) is 10.8. The molecule has 0 saturated carbocycles. The van der Waals surface area contributed by atoms with Crippen LogP contribution in [0.5, 0.6) is 0 Å². The molecule has 0 aromatic heterocycles. The van der Waals surface area contributed by atoms with Crippen molar-refractivity contribution >= 4 is 34.8 Å². The molecule has 0 amide bonds. The highest BCUT2D eigenvalue weighted by molar-refractivity contribution is 6.32. The summed E-state index contributed by atoms with van der Waals surface area (Å²) in [5.41, 5.74) is 0. The van der Waals surface area contributed by atoms with Gasteiger partial charge < -0.3 is 4.74 Å². The zero-order valence-electron chi connectivity index (χ0n) is 4.93. The predicted octanol–water partition coefficient (Wildman–Crippen LogP) is -0.632. The van der Waals surface area contributed by atoms with E-state index in [0.29, 0.717) is 0 Å². The third kappa shape index (κ3) is 4.08. The summed E-state index contributed by atoms with van der Waals surface area (Å²) in [4.78, 5) is 19.8. The van der Waals surface area contributed by atoms with Crippen LogP contribution < -0.4 is 0 Å². The molecule has 0 N–H and O–H groups in total. The van der Waals surface area contributed by atoms with E-state index in [2.05, 4.69) is 4.74 Å². The number of methoxy groups -OCH3 is 1. The van der Waals surface area contributed by atoms with E-state index in [0.717, 1.165) is 6.92 Å². The van der Waals surface area contributed by atoms with Crippen LogP contribution in [0.1, 0.15) is 6.92 Å². The first-order chi connectivity index (χ1) is 3.18. The van der Waals surface area contributed by atoms with Gasteiger partial charge in [-0.1, -0.05) is 0 Å². The Morgan fingerprint density at radius 1 is 1.38 bits per heavy atom. The SMILES string of the molecule is COC(=O)C(C)=O.[Mg]. The van der Waals surface area contributed by atoms with Gasteiger partial charge in [0.25, 0.3) is 0 Å². The molecule has 0 aliphatic heterocycles. The Labute approximate surface area is 63.5 Å². The van der Waals surface area contributed by atoms with Crippen LogP contribution in [0.4, 0.5) is 0 Å². The molecule has 8 heavy (non-hydrogen) atoms. The standard InChI is InChI=1S/C4H6O3.Mg/c1-3(5)4(6)7-2;/h1-2H3;. The smallest absolute Gasteiger partial charge is 0.374 e. The number of rotatable bonds is 1. The number of carbonyl (C=O) groups is 2. The monoisotopic (exact) mass is 126 g/mol. The molecule has 0 heterocycles. The zero-order valence-corrected chi connectivity index (χ0v) is 6.35. The van der Waals surface area contributed by atoms with Gasteiger partial charge in [0, 0.05) is 30.0 Å². The van der Waals surface area contributed by atoms with E-state index >= 15 is 0 Å². The van der Waals surface area contributed by atoms with Crippen LogP contribution in [0.15, 0.2) is 0 Å². The minimum atomic E-state index is -0.792. The molecule has 0 unspecified atom stereocenters. The zero-order chi connectivity index (χ0) is 5.86. The van der Waals surface area contributed by atoms with Crippen LogP contribution in [0.2, 0.25) is 0 Å². The van der Waals surface area contributed by atoms with Crippen LogP contribution in [-0.4, -0.2) is 41.9 Å². The summed E-state index contributed by atoms with van der Waals surface area (Å²) < 4.78 is 4.02. The van der Waals surface area contributed by atoms with Crippen molar-refractivity contribution in [2.75, 3.05) is 7.11 Å². The lowest BCUT2D eigenvalue weighted by atomic mass is 10.5. The van der Waals surface area contributed by atoms with Gasteiger partial charge in [-0.3, -0.25) is 4.79 Å². The van der Waals surface area contributed by atoms with Crippen molar-refractivity contribution < 1.29 is 14.3 Å². The molecular weight excluding hydrogens is 120 g/mol. The second-order valence-corrected chi connectivity index (χ2v) is 1.05. The highest BCUT2D eigenvalue weighted by Gasteiger charge is 2.03. The molecule has 0 aliphatic carbocycles. The lowest BCUT2D eigenvalue weighted by Crippen LogP contribution is -2.10. The van der Waals surface area contributed by atoms with Crippen LogP contribution in [0.3, 0.4) is 0 Å². The van der Waals surface area contributed by atoms with Gasteiger partial charge in [-0.05, 0) is 0 Å². The molecule has 0 bridgehead atoms. The summed E-state index contributed by atoms with van der Waals surface area (Å²) in [6.07, 6.45) is 0. The molecule has 0 aromatic rings. The van der Waals surface area contributed by atoms with Crippen molar-refractivity contribution in [3.8, 4) is 0 Å². The first-order valence-corrected chi connectivity index (χ1v) is 1.77. The quantitative estimate of drug-likeness (QED) is 0.267. The van der Waals surface area contributed by atoms with Gasteiger partial charge in [0.15, 0.2) is 0 Å². The molecular formula is C4H6MgO3. The molecule has 0 aromatic carbocycles. The molecule has 0 fully saturated rings. The Kier molecular flexibility index (Phi) is 6.83. The van der Waals surface area contributed by atoms with Gasteiger partial charge in [-0.15, -0.1) is 0 Å². The Bertz CT molecular complexity index is 99.5. The number of ketones is 1. The first-order valence-electron chi connectivity index (χ1n) is 1.77. The van der Waals surface area contributed by atoms with Crippen LogP contribution in [0, 0.1) is 0 Å². The van der Waals surface area contributed by atoms with Crippen molar-refractivity contribution in [2.24, 2.45) is 0 Å². The summed E-state index contributed by atoms with van der Waals surface area (Å²) in [5.74, 6) is -1.36. The minimum Gasteiger partial charge on any atom is -0.463 e. The third-order valence-electron chi connectivity index (χ3n) is 0.473. The average molecular weight is 126 g/mol. The van der Waals surface area contributed by atoms with Gasteiger partial charge in [0.1, 0.15) is 0 Å². The van der Waals surface area contributed by atoms with E-state index in [1.165, 1.54) is 7.11 Å². The molecule has 2 radical (unpaired) electrons. The molecule has 3 nitrogen and oxygen atoms in total. The average Bonchev–Trinajstić information content (AvgIpc) is 1.65. The molecule has 42 valence electrons.